The second-order valence-electron chi connectivity index (χ2n) is 5.92. The number of nitrogens with zero attached hydrogens (tertiary/aromatic N) is 1. The molecule has 0 aromatic carbocycles. The van der Waals surface area contributed by atoms with E-state index < -0.39 is 0 Å². The Hall–Kier alpha value is -0.160. The highest BCUT2D eigenvalue weighted by Crippen LogP contribution is 2.26. The molecular formula is C15H32N2O2. The average molecular weight is 272 g/mol. The van der Waals surface area contributed by atoms with Gasteiger partial charge >= 0.3 is 0 Å². The van der Waals surface area contributed by atoms with E-state index in [0.717, 1.165) is 26.1 Å². The molecule has 1 fully saturated rings. The fraction of sp³-hybridized carbons (Fsp3) is 1.00. The molecule has 3 atom stereocenters. The zero-order chi connectivity index (χ0) is 14.4. The Morgan fingerprint density at radius 2 is 1.84 bits per heavy atom. The summed E-state index contributed by atoms with van der Waals surface area (Å²) in [5.41, 5.74) is 0. The van der Waals surface area contributed by atoms with Gasteiger partial charge in [-0.1, -0.05) is 0 Å². The standard InChI is InChI=1S/C15H32N2O2/c1-7-19-14-10-13(15(14)18-6)16-8-9-17(11(2)3)12(4)5/h11-16H,7-10H2,1-6H3. The summed E-state index contributed by atoms with van der Waals surface area (Å²) >= 11 is 0. The van der Waals surface area contributed by atoms with E-state index in [1.165, 1.54) is 0 Å². The molecule has 1 N–H and O–H groups in total. The van der Waals surface area contributed by atoms with E-state index in [4.69, 9.17) is 9.47 Å². The SMILES string of the molecule is CCOC1CC(NCCN(C(C)C)C(C)C)C1OC. The molecule has 0 heterocycles. The minimum absolute atomic E-state index is 0.214. The molecule has 0 amide bonds. The lowest BCUT2D eigenvalue weighted by molar-refractivity contribution is -0.131. The molecule has 0 aliphatic heterocycles. The average Bonchev–Trinajstić information content (AvgIpc) is 2.31. The van der Waals surface area contributed by atoms with Crippen LogP contribution in [0, 0.1) is 0 Å². The highest BCUT2D eigenvalue weighted by atomic mass is 16.5. The van der Waals surface area contributed by atoms with Crippen LogP contribution >= 0.6 is 0 Å². The first-order chi connectivity index (χ1) is 9.01. The molecule has 19 heavy (non-hydrogen) atoms. The van der Waals surface area contributed by atoms with Crippen molar-refractivity contribution in [3.8, 4) is 0 Å². The Labute approximate surface area is 118 Å². The molecule has 1 aliphatic rings. The minimum Gasteiger partial charge on any atom is -0.377 e. The van der Waals surface area contributed by atoms with E-state index in [2.05, 4.69) is 37.9 Å². The second kappa shape index (κ2) is 8.20. The lowest BCUT2D eigenvalue weighted by Gasteiger charge is -2.44. The van der Waals surface area contributed by atoms with E-state index in [1.807, 2.05) is 6.92 Å². The number of methoxy groups -OCH3 is 1. The van der Waals surface area contributed by atoms with Gasteiger partial charge in [-0.25, -0.2) is 0 Å². The molecule has 0 saturated heterocycles. The number of hydrogen-bond donors (Lipinski definition) is 1. The zero-order valence-electron chi connectivity index (χ0n) is 13.5. The first-order valence-electron chi connectivity index (χ1n) is 7.64. The third-order valence-electron chi connectivity index (χ3n) is 4.01. The Morgan fingerprint density at radius 3 is 2.32 bits per heavy atom. The minimum atomic E-state index is 0.214. The maximum absolute atomic E-state index is 5.64. The van der Waals surface area contributed by atoms with Crippen LogP contribution in [0.2, 0.25) is 0 Å². The van der Waals surface area contributed by atoms with Gasteiger partial charge in [-0.05, 0) is 41.0 Å². The van der Waals surface area contributed by atoms with Gasteiger partial charge < -0.3 is 14.8 Å². The largest absolute Gasteiger partial charge is 0.377 e. The highest BCUT2D eigenvalue weighted by Gasteiger charge is 2.41. The van der Waals surface area contributed by atoms with Crippen LogP contribution in [-0.2, 0) is 9.47 Å². The topological polar surface area (TPSA) is 33.7 Å². The predicted molar refractivity (Wildman–Crippen MR) is 79.6 cm³/mol. The fourth-order valence-corrected chi connectivity index (χ4v) is 2.97. The molecule has 1 rings (SSSR count). The van der Waals surface area contributed by atoms with Crippen molar-refractivity contribution in [1.29, 1.82) is 0 Å². The fourth-order valence-electron chi connectivity index (χ4n) is 2.97. The lowest BCUT2D eigenvalue weighted by Crippen LogP contribution is -2.60. The first kappa shape index (κ1) is 16.9. The maximum Gasteiger partial charge on any atom is 0.0986 e. The molecule has 0 aromatic heterocycles. The molecule has 4 heteroatoms. The van der Waals surface area contributed by atoms with Crippen molar-refractivity contribution in [2.75, 3.05) is 26.8 Å². The van der Waals surface area contributed by atoms with Gasteiger partial charge in [0.05, 0.1) is 12.2 Å². The van der Waals surface area contributed by atoms with Crippen LogP contribution in [0.15, 0.2) is 0 Å². The van der Waals surface area contributed by atoms with Gasteiger partial charge in [0, 0.05) is 44.9 Å². The predicted octanol–water partition coefficient (Wildman–Crippen LogP) is 1.89. The molecule has 114 valence electrons. The molecule has 4 nitrogen and oxygen atoms in total. The van der Waals surface area contributed by atoms with E-state index >= 15 is 0 Å². The monoisotopic (exact) mass is 272 g/mol. The van der Waals surface area contributed by atoms with Crippen LogP contribution in [-0.4, -0.2) is 62.0 Å². The number of rotatable bonds is 9. The van der Waals surface area contributed by atoms with E-state index in [1.54, 1.807) is 7.11 Å². The van der Waals surface area contributed by atoms with Crippen LogP contribution in [0.5, 0.6) is 0 Å². The smallest absolute Gasteiger partial charge is 0.0986 e. The highest BCUT2D eigenvalue weighted by molar-refractivity contribution is 4.97. The number of hydrogen-bond acceptors (Lipinski definition) is 4. The number of nitrogens with one attached hydrogen (secondary N) is 1. The van der Waals surface area contributed by atoms with E-state index in [-0.39, 0.29) is 12.2 Å². The zero-order valence-corrected chi connectivity index (χ0v) is 13.5. The Bertz CT molecular complexity index is 238. The molecule has 1 aliphatic carbocycles. The summed E-state index contributed by atoms with van der Waals surface area (Å²) in [7, 11) is 1.78. The molecule has 0 spiro atoms. The summed E-state index contributed by atoms with van der Waals surface area (Å²) in [6.45, 7) is 13.9. The summed E-state index contributed by atoms with van der Waals surface area (Å²) < 4.78 is 11.2. The summed E-state index contributed by atoms with van der Waals surface area (Å²) in [5, 5.41) is 3.60. The summed E-state index contributed by atoms with van der Waals surface area (Å²) in [6.07, 6.45) is 1.56. The van der Waals surface area contributed by atoms with Crippen LogP contribution in [0.3, 0.4) is 0 Å². The van der Waals surface area contributed by atoms with Crippen molar-refractivity contribution >= 4 is 0 Å². The van der Waals surface area contributed by atoms with E-state index in [0.29, 0.717) is 18.1 Å². The van der Waals surface area contributed by atoms with Crippen LogP contribution in [0.25, 0.3) is 0 Å². The Kier molecular flexibility index (Phi) is 7.29. The van der Waals surface area contributed by atoms with Gasteiger partial charge in [0.15, 0.2) is 0 Å². The Morgan fingerprint density at radius 1 is 1.21 bits per heavy atom. The van der Waals surface area contributed by atoms with Gasteiger partial charge in [-0.3, -0.25) is 4.90 Å². The van der Waals surface area contributed by atoms with Crippen LogP contribution in [0.4, 0.5) is 0 Å². The van der Waals surface area contributed by atoms with Crippen molar-refractivity contribution in [2.24, 2.45) is 0 Å². The third-order valence-corrected chi connectivity index (χ3v) is 4.01. The normalized spacial score (nSPS) is 27.3. The quantitative estimate of drug-likeness (QED) is 0.695. The molecular weight excluding hydrogens is 240 g/mol. The van der Waals surface area contributed by atoms with Gasteiger partial charge in [-0.2, -0.15) is 0 Å². The van der Waals surface area contributed by atoms with Crippen molar-refractivity contribution < 1.29 is 9.47 Å². The van der Waals surface area contributed by atoms with Gasteiger partial charge in [0.1, 0.15) is 0 Å². The van der Waals surface area contributed by atoms with Gasteiger partial charge in [0.2, 0.25) is 0 Å². The van der Waals surface area contributed by atoms with Crippen LogP contribution < -0.4 is 5.32 Å². The molecule has 3 unspecified atom stereocenters. The van der Waals surface area contributed by atoms with E-state index in [9.17, 15) is 0 Å². The maximum atomic E-state index is 5.64. The number of ether oxygens (including phenoxy) is 2. The molecule has 0 radical (unpaired) electrons. The Balaban J connectivity index is 2.26. The molecule has 0 aromatic rings. The summed E-state index contributed by atoms with van der Waals surface area (Å²) in [4.78, 5) is 2.51. The molecule has 0 bridgehead atoms. The van der Waals surface area contributed by atoms with Crippen molar-refractivity contribution in [3.63, 3.8) is 0 Å². The van der Waals surface area contributed by atoms with Crippen molar-refractivity contribution in [2.45, 2.75) is 71.4 Å². The molecule has 1 saturated carbocycles. The lowest BCUT2D eigenvalue weighted by atomic mass is 9.85. The second-order valence-corrected chi connectivity index (χ2v) is 5.92. The third kappa shape index (κ3) is 4.71. The van der Waals surface area contributed by atoms with Crippen molar-refractivity contribution in [1.82, 2.24) is 10.2 Å². The summed E-state index contributed by atoms with van der Waals surface area (Å²) in [6, 6.07) is 1.64. The van der Waals surface area contributed by atoms with Crippen molar-refractivity contribution in [3.05, 3.63) is 0 Å². The first-order valence-corrected chi connectivity index (χ1v) is 7.64. The summed E-state index contributed by atoms with van der Waals surface area (Å²) in [5.74, 6) is 0. The van der Waals surface area contributed by atoms with Gasteiger partial charge in [0.25, 0.3) is 0 Å². The van der Waals surface area contributed by atoms with Crippen LogP contribution in [0.1, 0.15) is 41.0 Å². The van der Waals surface area contributed by atoms with Gasteiger partial charge in [-0.15, -0.1) is 0 Å².